The molecule has 1 aliphatic rings. The summed E-state index contributed by atoms with van der Waals surface area (Å²) in [7, 11) is 0. The molecule has 7 nitrogen and oxygen atoms in total. The lowest BCUT2D eigenvalue weighted by Gasteiger charge is -2.35. The number of benzene rings is 1. The van der Waals surface area contributed by atoms with Crippen LogP contribution in [0.2, 0.25) is 0 Å². The Balaban J connectivity index is 1.26. The van der Waals surface area contributed by atoms with Gasteiger partial charge < -0.3 is 9.42 Å². The Morgan fingerprint density at radius 1 is 1.07 bits per heavy atom. The summed E-state index contributed by atoms with van der Waals surface area (Å²) >= 11 is 0. The summed E-state index contributed by atoms with van der Waals surface area (Å²) in [6, 6.07) is 10.3. The summed E-state index contributed by atoms with van der Waals surface area (Å²) in [4.78, 5) is 15.7. The summed E-state index contributed by atoms with van der Waals surface area (Å²) in [5.74, 6) is 1.27. The van der Waals surface area contributed by atoms with Crippen LogP contribution in [0, 0.1) is 5.82 Å². The maximum Gasteiger partial charge on any atom is 0.225 e. The molecule has 0 atom stereocenters. The number of hydrogen-bond donors (Lipinski definition) is 0. The van der Waals surface area contributed by atoms with E-state index in [2.05, 4.69) is 36.7 Å². The van der Waals surface area contributed by atoms with Crippen molar-refractivity contribution in [1.82, 2.24) is 24.9 Å². The van der Waals surface area contributed by atoms with E-state index in [-0.39, 0.29) is 5.82 Å². The van der Waals surface area contributed by atoms with Crippen LogP contribution in [0.1, 0.15) is 12.7 Å². The van der Waals surface area contributed by atoms with E-state index in [1.807, 2.05) is 12.1 Å². The van der Waals surface area contributed by atoms with Gasteiger partial charge in [0.05, 0.1) is 6.54 Å². The van der Waals surface area contributed by atoms with E-state index < -0.39 is 0 Å². The first-order chi connectivity index (χ1) is 14.7. The number of nitrogens with zero attached hydrogens (tertiary/aromatic N) is 6. The van der Waals surface area contributed by atoms with Crippen LogP contribution >= 0.6 is 0 Å². The zero-order chi connectivity index (χ0) is 20.8. The normalized spacial score (nSPS) is 15.1. The Morgan fingerprint density at radius 2 is 1.83 bits per heavy atom. The smallest absolute Gasteiger partial charge is 0.225 e. The van der Waals surface area contributed by atoms with Crippen LogP contribution in [-0.2, 0) is 6.54 Å². The van der Waals surface area contributed by atoms with E-state index in [1.54, 1.807) is 30.6 Å². The van der Waals surface area contributed by atoms with Gasteiger partial charge in [0, 0.05) is 63.3 Å². The van der Waals surface area contributed by atoms with Gasteiger partial charge in [0.2, 0.25) is 5.95 Å². The van der Waals surface area contributed by atoms with Gasteiger partial charge in [0.15, 0.2) is 5.76 Å². The number of anilines is 1. The molecule has 0 unspecified atom stereocenters. The summed E-state index contributed by atoms with van der Waals surface area (Å²) < 4.78 is 19.4. The molecule has 2 aromatic heterocycles. The van der Waals surface area contributed by atoms with Crippen molar-refractivity contribution >= 4 is 5.95 Å². The molecule has 0 saturated carbocycles. The Morgan fingerprint density at radius 3 is 2.57 bits per heavy atom. The van der Waals surface area contributed by atoms with Crippen LogP contribution in [0.25, 0.3) is 11.3 Å². The molecule has 0 aliphatic carbocycles. The van der Waals surface area contributed by atoms with Crippen molar-refractivity contribution in [2.75, 3.05) is 50.7 Å². The molecule has 1 saturated heterocycles. The van der Waals surface area contributed by atoms with E-state index in [4.69, 9.17) is 4.52 Å². The molecule has 1 aliphatic heterocycles. The fraction of sp³-hybridized carbons (Fsp3) is 0.409. The molecule has 3 aromatic rings. The monoisotopic (exact) mass is 410 g/mol. The highest BCUT2D eigenvalue weighted by molar-refractivity contribution is 5.59. The first kappa shape index (κ1) is 20.4. The summed E-state index contributed by atoms with van der Waals surface area (Å²) in [6.45, 7) is 9.50. The first-order valence-corrected chi connectivity index (χ1v) is 10.4. The Bertz CT molecular complexity index is 926. The molecule has 8 heteroatoms. The van der Waals surface area contributed by atoms with Crippen molar-refractivity contribution in [3.8, 4) is 11.3 Å². The van der Waals surface area contributed by atoms with E-state index >= 15 is 0 Å². The molecular weight excluding hydrogens is 383 g/mol. The maximum atomic E-state index is 14.0. The van der Waals surface area contributed by atoms with E-state index in [9.17, 15) is 4.39 Å². The zero-order valence-corrected chi connectivity index (χ0v) is 17.2. The van der Waals surface area contributed by atoms with Crippen molar-refractivity contribution in [1.29, 1.82) is 0 Å². The first-order valence-electron chi connectivity index (χ1n) is 10.4. The van der Waals surface area contributed by atoms with Crippen LogP contribution in [-0.4, -0.2) is 70.7 Å². The third kappa shape index (κ3) is 5.01. The SMILES string of the molecule is CCN(CCN1CCN(c2ncccn2)CC1)Cc1cc(-c2ccccc2F)no1. The highest BCUT2D eigenvalue weighted by Crippen LogP contribution is 2.22. The minimum Gasteiger partial charge on any atom is -0.359 e. The summed E-state index contributed by atoms with van der Waals surface area (Å²) in [5, 5.41) is 4.05. The molecule has 0 amide bonds. The minimum absolute atomic E-state index is 0.287. The number of aromatic nitrogens is 3. The molecule has 30 heavy (non-hydrogen) atoms. The number of rotatable bonds is 8. The number of hydrogen-bond acceptors (Lipinski definition) is 7. The van der Waals surface area contributed by atoms with Crippen LogP contribution in [0.5, 0.6) is 0 Å². The van der Waals surface area contributed by atoms with Crippen LogP contribution < -0.4 is 4.90 Å². The van der Waals surface area contributed by atoms with Gasteiger partial charge in [-0.05, 0) is 24.7 Å². The number of halogens is 1. The van der Waals surface area contributed by atoms with Crippen molar-refractivity contribution in [3.05, 3.63) is 60.4 Å². The number of likely N-dealkylation sites (N-methyl/N-ethyl adjacent to an activating group) is 1. The Labute approximate surface area is 176 Å². The molecule has 0 N–H and O–H groups in total. The fourth-order valence-electron chi connectivity index (χ4n) is 3.66. The second-order valence-electron chi connectivity index (χ2n) is 7.40. The van der Waals surface area contributed by atoms with Crippen LogP contribution in [0.3, 0.4) is 0 Å². The highest BCUT2D eigenvalue weighted by Gasteiger charge is 2.19. The standard InChI is InChI=1S/C22H27FN6O/c1-2-27(17-18-16-21(26-30-18)19-6-3-4-7-20(19)23)10-11-28-12-14-29(15-13-28)22-24-8-5-9-25-22/h3-9,16H,2,10-15,17H2,1H3. The predicted octanol–water partition coefficient (Wildman–Crippen LogP) is 2.91. The third-order valence-corrected chi connectivity index (χ3v) is 5.48. The molecule has 4 rings (SSSR count). The third-order valence-electron chi connectivity index (χ3n) is 5.48. The topological polar surface area (TPSA) is 61.5 Å². The quantitative estimate of drug-likeness (QED) is 0.566. The second kappa shape index (κ2) is 9.77. The average Bonchev–Trinajstić information content (AvgIpc) is 3.26. The predicted molar refractivity (Wildman–Crippen MR) is 114 cm³/mol. The van der Waals surface area contributed by atoms with Crippen LogP contribution in [0.15, 0.2) is 53.3 Å². The molecule has 0 spiro atoms. The van der Waals surface area contributed by atoms with Gasteiger partial charge in [-0.25, -0.2) is 14.4 Å². The van der Waals surface area contributed by atoms with Crippen LogP contribution in [0.4, 0.5) is 10.3 Å². The average molecular weight is 410 g/mol. The van der Waals surface area contributed by atoms with Gasteiger partial charge in [-0.3, -0.25) is 9.80 Å². The van der Waals surface area contributed by atoms with E-state index in [0.717, 1.165) is 57.5 Å². The molecule has 3 heterocycles. The van der Waals surface area contributed by atoms with Crippen molar-refractivity contribution in [2.45, 2.75) is 13.5 Å². The molecule has 1 aromatic carbocycles. The lowest BCUT2D eigenvalue weighted by atomic mass is 10.1. The fourth-order valence-corrected chi connectivity index (χ4v) is 3.66. The van der Waals surface area contributed by atoms with Gasteiger partial charge in [-0.2, -0.15) is 0 Å². The largest absolute Gasteiger partial charge is 0.359 e. The molecule has 1 fully saturated rings. The summed E-state index contributed by atoms with van der Waals surface area (Å²) in [5.41, 5.74) is 1.01. The maximum absolute atomic E-state index is 14.0. The molecule has 0 radical (unpaired) electrons. The van der Waals surface area contributed by atoms with Gasteiger partial charge in [-0.15, -0.1) is 0 Å². The van der Waals surface area contributed by atoms with Gasteiger partial charge in [0.25, 0.3) is 0 Å². The van der Waals surface area contributed by atoms with Crippen molar-refractivity contribution in [3.63, 3.8) is 0 Å². The van der Waals surface area contributed by atoms with Crippen molar-refractivity contribution in [2.24, 2.45) is 0 Å². The Kier molecular flexibility index (Phi) is 6.66. The van der Waals surface area contributed by atoms with Gasteiger partial charge in [-0.1, -0.05) is 24.2 Å². The molecule has 158 valence electrons. The molecular formula is C22H27FN6O. The lowest BCUT2D eigenvalue weighted by molar-refractivity contribution is 0.184. The minimum atomic E-state index is -0.287. The van der Waals surface area contributed by atoms with Gasteiger partial charge in [0.1, 0.15) is 11.5 Å². The Hall–Kier alpha value is -2.84. The van der Waals surface area contributed by atoms with Gasteiger partial charge >= 0.3 is 0 Å². The van der Waals surface area contributed by atoms with E-state index in [0.29, 0.717) is 17.8 Å². The number of piperazine rings is 1. The molecule has 0 bridgehead atoms. The zero-order valence-electron chi connectivity index (χ0n) is 17.2. The lowest BCUT2D eigenvalue weighted by Crippen LogP contribution is -2.48. The summed E-state index contributed by atoms with van der Waals surface area (Å²) in [6.07, 6.45) is 3.57. The van der Waals surface area contributed by atoms with Crippen molar-refractivity contribution < 1.29 is 8.91 Å². The van der Waals surface area contributed by atoms with E-state index in [1.165, 1.54) is 6.07 Å². The highest BCUT2D eigenvalue weighted by atomic mass is 19.1. The second-order valence-corrected chi connectivity index (χ2v) is 7.40.